The maximum atomic E-state index is 12.7. The van der Waals surface area contributed by atoms with Gasteiger partial charge in [-0.1, -0.05) is 0 Å². The SMILES string of the molecule is COc1ncc(F)cc1C(C)N.Cl.Cl. The lowest BCUT2D eigenvalue weighted by molar-refractivity contribution is 0.387. The molecule has 0 aliphatic carbocycles. The Morgan fingerprint density at radius 2 is 2.07 bits per heavy atom. The molecule has 6 heteroatoms. The van der Waals surface area contributed by atoms with Crippen LogP contribution in [-0.2, 0) is 0 Å². The molecule has 1 unspecified atom stereocenters. The molecule has 0 saturated carbocycles. The predicted molar refractivity (Wildman–Crippen MR) is 57.8 cm³/mol. The van der Waals surface area contributed by atoms with Crippen LogP contribution in [0.2, 0.25) is 0 Å². The fraction of sp³-hybridized carbons (Fsp3) is 0.375. The lowest BCUT2D eigenvalue weighted by atomic mass is 10.1. The second kappa shape index (κ2) is 6.81. The van der Waals surface area contributed by atoms with Crippen molar-refractivity contribution in [3.63, 3.8) is 0 Å². The summed E-state index contributed by atoms with van der Waals surface area (Å²) >= 11 is 0. The van der Waals surface area contributed by atoms with Gasteiger partial charge >= 0.3 is 0 Å². The number of pyridine rings is 1. The Labute approximate surface area is 94.7 Å². The van der Waals surface area contributed by atoms with Gasteiger partial charge in [-0.3, -0.25) is 0 Å². The Bertz CT molecular complexity index is 284. The highest BCUT2D eigenvalue weighted by molar-refractivity contribution is 5.85. The van der Waals surface area contributed by atoms with Crippen LogP contribution in [0.1, 0.15) is 18.5 Å². The lowest BCUT2D eigenvalue weighted by Gasteiger charge is -2.09. The molecule has 82 valence electrons. The summed E-state index contributed by atoms with van der Waals surface area (Å²) in [5.41, 5.74) is 6.15. The highest BCUT2D eigenvalue weighted by Gasteiger charge is 2.09. The van der Waals surface area contributed by atoms with Crippen LogP contribution >= 0.6 is 24.8 Å². The number of rotatable bonds is 2. The van der Waals surface area contributed by atoms with E-state index < -0.39 is 5.82 Å². The zero-order valence-corrected chi connectivity index (χ0v) is 9.49. The van der Waals surface area contributed by atoms with Crippen molar-refractivity contribution in [1.29, 1.82) is 0 Å². The molecule has 1 atom stereocenters. The van der Waals surface area contributed by atoms with Gasteiger partial charge in [0.15, 0.2) is 0 Å². The van der Waals surface area contributed by atoms with Crippen LogP contribution in [-0.4, -0.2) is 12.1 Å². The van der Waals surface area contributed by atoms with Crippen molar-refractivity contribution in [2.75, 3.05) is 7.11 Å². The Morgan fingerprint density at radius 3 is 2.50 bits per heavy atom. The number of nitrogens with two attached hydrogens (primary N) is 1. The molecule has 1 rings (SSSR count). The van der Waals surface area contributed by atoms with E-state index in [1.165, 1.54) is 13.2 Å². The quantitative estimate of drug-likeness (QED) is 0.865. The summed E-state index contributed by atoms with van der Waals surface area (Å²) in [5.74, 6) is -0.0190. The Balaban J connectivity index is 0. The fourth-order valence-corrected chi connectivity index (χ4v) is 0.939. The largest absolute Gasteiger partial charge is 0.481 e. The molecule has 1 aromatic rings. The average molecular weight is 243 g/mol. The average Bonchev–Trinajstić information content (AvgIpc) is 2.04. The molecular formula is C8H13Cl2FN2O. The molecule has 0 bridgehead atoms. The van der Waals surface area contributed by atoms with E-state index in [2.05, 4.69) is 4.98 Å². The maximum absolute atomic E-state index is 12.7. The van der Waals surface area contributed by atoms with Gasteiger partial charge in [0.25, 0.3) is 0 Å². The lowest BCUT2D eigenvalue weighted by Crippen LogP contribution is -2.08. The summed E-state index contributed by atoms with van der Waals surface area (Å²) in [6, 6.07) is 1.05. The number of ether oxygens (including phenoxy) is 1. The van der Waals surface area contributed by atoms with Crippen molar-refractivity contribution in [3.05, 3.63) is 23.6 Å². The monoisotopic (exact) mass is 242 g/mol. The van der Waals surface area contributed by atoms with E-state index in [0.29, 0.717) is 11.4 Å². The van der Waals surface area contributed by atoms with Crippen LogP contribution in [0.4, 0.5) is 4.39 Å². The molecule has 0 aliphatic rings. The summed E-state index contributed by atoms with van der Waals surface area (Å²) < 4.78 is 17.6. The molecule has 0 radical (unpaired) electrons. The third-order valence-electron chi connectivity index (χ3n) is 1.53. The zero-order valence-electron chi connectivity index (χ0n) is 7.86. The van der Waals surface area contributed by atoms with Crippen LogP contribution in [0.5, 0.6) is 5.88 Å². The summed E-state index contributed by atoms with van der Waals surface area (Å²) in [4.78, 5) is 3.74. The van der Waals surface area contributed by atoms with Crippen LogP contribution in [0.3, 0.4) is 0 Å². The number of nitrogens with zero attached hydrogens (tertiary/aromatic N) is 1. The molecule has 0 spiro atoms. The Kier molecular flexibility index (Phi) is 7.72. The van der Waals surface area contributed by atoms with E-state index in [4.69, 9.17) is 10.5 Å². The zero-order chi connectivity index (χ0) is 9.14. The van der Waals surface area contributed by atoms with E-state index in [0.717, 1.165) is 6.20 Å². The number of halogens is 3. The third-order valence-corrected chi connectivity index (χ3v) is 1.53. The molecule has 0 fully saturated rings. The normalized spacial score (nSPS) is 10.9. The van der Waals surface area contributed by atoms with Crippen LogP contribution in [0.15, 0.2) is 12.3 Å². The maximum Gasteiger partial charge on any atom is 0.218 e. The summed E-state index contributed by atoms with van der Waals surface area (Å²) in [5, 5.41) is 0. The van der Waals surface area contributed by atoms with Gasteiger partial charge < -0.3 is 10.5 Å². The van der Waals surface area contributed by atoms with Gasteiger partial charge in [0, 0.05) is 11.6 Å². The molecule has 3 nitrogen and oxygen atoms in total. The fourth-order valence-electron chi connectivity index (χ4n) is 0.939. The van der Waals surface area contributed by atoms with Gasteiger partial charge in [-0.05, 0) is 13.0 Å². The van der Waals surface area contributed by atoms with Crippen molar-refractivity contribution in [1.82, 2.24) is 4.98 Å². The first-order valence-electron chi connectivity index (χ1n) is 3.60. The molecule has 0 saturated heterocycles. The van der Waals surface area contributed by atoms with Gasteiger partial charge in [-0.25, -0.2) is 9.37 Å². The molecule has 1 aromatic heterocycles. The van der Waals surface area contributed by atoms with E-state index >= 15 is 0 Å². The minimum Gasteiger partial charge on any atom is -0.481 e. The smallest absolute Gasteiger partial charge is 0.218 e. The minimum absolute atomic E-state index is 0. The predicted octanol–water partition coefficient (Wildman–Crippen LogP) is 2.09. The number of hydrogen-bond acceptors (Lipinski definition) is 3. The van der Waals surface area contributed by atoms with Crippen molar-refractivity contribution in [3.8, 4) is 5.88 Å². The van der Waals surface area contributed by atoms with E-state index in [1.807, 2.05) is 0 Å². The first-order chi connectivity index (χ1) is 5.65. The highest BCUT2D eigenvalue weighted by atomic mass is 35.5. The molecule has 2 N–H and O–H groups in total. The van der Waals surface area contributed by atoms with Gasteiger partial charge in [0.2, 0.25) is 5.88 Å². The molecule has 0 aromatic carbocycles. The van der Waals surface area contributed by atoms with E-state index in [1.54, 1.807) is 6.92 Å². The second-order valence-electron chi connectivity index (χ2n) is 2.54. The van der Waals surface area contributed by atoms with Crippen LogP contribution in [0, 0.1) is 5.82 Å². The number of methoxy groups -OCH3 is 1. The molecule has 0 amide bonds. The second-order valence-corrected chi connectivity index (χ2v) is 2.54. The van der Waals surface area contributed by atoms with Gasteiger partial charge in [-0.15, -0.1) is 24.8 Å². The van der Waals surface area contributed by atoms with Gasteiger partial charge in [0.05, 0.1) is 13.3 Å². The molecule has 14 heavy (non-hydrogen) atoms. The highest BCUT2D eigenvalue weighted by Crippen LogP contribution is 2.20. The topological polar surface area (TPSA) is 48.1 Å². The standard InChI is InChI=1S/C8H11FN2O.2ClH/c1-5(10)7-3-6(9)4-11-8(7)12-2;;/h3-5H,10H2,1-2H3;2*1H. The number of aromatic nitrogens is 1. The van der Waals surface area contributed by atoms with Crippen molar-refractivity contribution in [2.24, 2.45) is 5.73 Å². The molecule has 1 heterocycles. The summed E-state index contributed by atoms with van der Waals surface area (Å²) in [7, 11) is 1.48. The van der Waals surface area contributed by atoms with Crippen molar-refractivity contribution < 1.29 is 9.13 Å². The number of hydrogen-bond donors (Lipinski definition) is 1. The summed E-state index contributed by atoms with van der Waals surface area (Å²) in [6.45, 7) is 1.75. The van der Waals surface area contributed by atoms with Crippen molar-refractivity contribution >= 4 is 24.8 Å². The molecule has 0 aliphatic heterocycles. The van der Waals surface area contributed by atoms with Crippen LogP contribution < -0.4 is 10.5 Å². The Hall–Kier alpha value is -0.580. The summed E-state index contributed by atoms with van der Waals surface area (Å²) in [6.07, 6.45) is 1.10. The van der Waals surface area contributed by atoms with Gasteiger partial charge in [-0.2, -0.15) is 0 Å². The molecular weight excluding hydrogens is 230 g/mol. The van der Waals surface area contributed by atoms with Crippen molar-refractivity contribution in [2.45, 2.75) is 13.0 Å². The van der Waals surface area contributed by atoms with Crippen LogP contribution in [0.25, 0.3) is 0 Å². The Morgan fingerprint density at radius 1 is 1.50 bits per heavy atom. The van der Waals surface area contributed by atoms with E-state index in [9.17, 15) is 4.39 Å². The first-order valence-corrected chi connectivity index (χ1v) is 3.60. The van der Waals surface area contributed by atoms with E-state index in [-0.39, 0.29) is 30.9 Å². The van der Waals surface area contributed by atoms with Gasteiger partial charge in [0.1, 0.15) is 5.82 Å². The third kappa shape index (κ3) is 3.65. The first kappa shape index (κ1) is 15.9. The minimum atomic E-state index is -0.400.